The maximum absolute atomic E-state index is 5.30. The van der Waals surface area contributed by atoms with Crippen molar-refractivity contribution < 1.29 is 0 Å². The van der Waals surface area contributed by atoms with Crippen molar-refractivity contribution >= 4 is 65.4 Å². The van der Waals surface area contributed by atoms with Crippen LogP contribution in [0.3, 0.4) is 0 Å². The van der Waals surface area contributed by atoms with Gasteiger partial charge in [0.25, 0.3) is 0 Å². The number of fused-ring (bicyclic) bond motifs is 9. The summed E-state index contributed by atoms with van der Waals surface area (Å²) in [5.41, 5.74) is 7.51. The molecule has 0 saturated carbocycles. The molecule has 46 heavy (non-hydrogen) atoms. The van der Waals surface area contributed by atoms with Gasteiger partial charge in [0.05, 0.1) is 33.1 Å². The first-order valence-electron chi connectivity index (χ1n) is 15.5. The smallest absolute Gasteiger partial charge is 0.241 e. The first-order valence-corrected chi connectivity index (χ1v) is 15.5. The zero-order valence-electron chi connectivity index (χ0n) is 25.0. The number of hydrogen-bond acceptors (Lipinski definition) is 3. The lowest BCUT2D eigenvalue weighted by Crippen LogP contribution is -2.13. The lowest BCUT2D eigenvalue weighted by Gasteiger charge is -2.14. The lowest BCUT2D eigenvalue weighted by molar-refractivity contribution is 0.848. The quantitative estimate of drug-likeness (QED) is 0.206. The minimum atomic E-state index is 0.567. The summed E-state index contributed by atoms with van der Waals surface area (Å²) in [5.74, 6) is 1.70. The van der Waals surface area contributed by atoms with Gasteiger partial charge < -0.3 is 0 Å². The van der Waals surface area contributed by atoms with Gasteiger partial charge in [0, 0.05) is 32.3 Å². The number of nitrogens with zero attached hydrogens (tertiary/aromatic N) is 6. The molecule has 6 nitrogen and oxygen atoms in total. The lowest BCUT2D eigenvalue weighted by atomic mass is 10.1. The molecule has 0 amide bonds. The van der Waals surface area contributed by atoms with Crippen LogP contribution in [0.5, 0.6) is 0 Å². The average Bonchev–Trinajstić information content (AvgIpc) is 3.74. The normalized spacial score (nSPS) is 12.0. The average molecular weight is 591 g/mol. The summed E-state index contributed by atoms with van der Waals surface area (Å²) in [7, 11) is 0. The van der Waals surface area contributed by atoms with Gasteiger partial charge in [-0.1, -0.05) is 103 Å². The van der Waals surface area contributed by atoms with E-state index in [4.69, 9.17) is 15.0 Å². The fourth-order valence-electron chi connectivity index (χ4n) is 7.22. The fourth-order valence-corrected chi connectivity index (χ4v) is 7.22. The van der Waals surface area contributed by atoms with Crippen molar-refractivity contribution in [1.29, 1.82) is 0 Å². The Kier molecular flexibility index (Phi) is 5.11. The highest BCUT2D eigenvalue weighted by atomic mass is 15.3. The first kappa shape index (κ1) is 25.1. The Labute approximate surface area is 263 Å². The highest BCUT2D eigenvalue weighted by Crippen LogP contribution is 2.36. The molecule has 0 spiro atoms. The minimum absolute atomic E-state index is 0.567. The number of rotatable bonds is 3. The van der Waals surface area contributed by atoms with E-state index in [1.807, 2.05) is 0 Å². The second-order valence-corrected chi connectivity index (χ2v) is 11.8. The zero-order valence-corrected chi connectivity index (χ0v) is 25.0. The second kappa shape index (κ2) is 9.36. The van der Waals surface area contributed by atoms with E-state index >= 15 is 0 Å². The molecule has 6 aromatic carbocycles. The van der Waals surface area contributed by atoms with Crippen LogP contribution in [0.1, 0.15) is 5.56 Å². The van der Waals surface area contributed by atoms with Crippen LogP contribution >= 0.6 is 0 Å². The predicted molar refractivity (Wildman–Crippen MR) is 188 cm³/mol. The van der Waals surface area contributed by atoms with E-state index in [1.165, 1.54) is 16.3 Å². The van der Waals surface area contributed by atoms with Crippen molar-refractivity contribution in [2.24, 2.45) is 0 Å². The van der Waals surface area contributed by atoms with Crippen LogP contribution in [0, 0.1) is 6.92 Å². The molecule has 4 heterocycles. The molecule has 4 aromatic heterocycles. The van der Waals surface area contributed by atoms with Crippen LogP contribution in [0.15, 0.2) is 140 Å². The van der Waals surface area contributed by atoms with Gasteiger partial charge in [-0.3, -0.25) is 13.7 Å². The van der Waals surface area contributed by atoms with Crippen LogP contribution in [-0.2, 0) is 0 Å². The highest BCUT2D eigenvalue weighted by molar-refractivity contribution is 6.11. The zero-order chi connectivity index (χ0) is 30.4. The van der Waals surface area contributed by atoms with Gasteiger partial charge in [0.15, 0.2) is 0 Å². The van der Waals surface area contributed by atoms with Gasteiger partial charge in [-0.05, 0) is 49.4 Å². The van der Waals surface area contributed by atoms with Crippen LogP contribution in [-0.4, -0.2) is 28.7 Å². The van der Waals surface area contributed by atoms with Gasteiger partial charge in [-0.25, -0.2) is 0 Å². The summed E-state index contributed by atoms with van der Waals surface area (Å²) in [6.07, 6.45) is 0. The number of aryl methyl sites for hydroxylation is 1. The van der Waals surface area contributed by atoms with Crippen LogP contribution in [0.4, 0.5) is 0 Å². The molecule has 10 rings (SSSR count). The molecule has 0 radical (unpaired) electrons. The summed E-state index contributed by atoms with van der Waals surface area (Å²) in [4.78, 5) is 15.9. The maximum atomic E-state index is 5.30. The minimum Gasteiger partial charge on any atom is -0.278 e. The van der Waals surface area contributed by atoms with E-state index in [0.29, 0.717) is 17.8 Å². The Hall–Kier alpha value is -6.27. The third-order valence-electron chi connectivity index (χ3n) is 9.19. The summed E-state index contributed by atoms with van der Waals surface area (Å²) in [6, 6.07) is 48.9. The number of para-hydroxylation sites is 5. The summed E-state index contributed by atoms with van der Waals surface area (Å²) in [6.45, 7) is 2.13. The van der Waals surface area contributed by atoms with Gasteiger partial charge >= 0.3 is 0 Å². The molecule has 0 saturated heterocycles. The largest absolute Gasteiger partial charge is 0.278 e. The van der Waals surface area contributed by atoms with E-state index in [0.717, 1.165) is 54.6 Å². The molecule has 216 valence electrons. The Morgan fingerprint density at radius 3 is 0.957 bits per heavy atom. The van der Waals surface area contributed by atoms with Crippen molar-refractivity contribution in [3.05, 3.63) is 145 Å². The molecule has 0 unspecified atom stereocenters. The van der Waals surface area contributed by atoms with Gasteiger partial charge in [0.2, 0.25) is 17.8 Å². The highest BCUT2D eigenvalue weighted by Gasteiger charge is 2.22. The Balaban J connectivity index is 1.38. The Morgan fingerprint density at radius 1 is 0.326 bits per heavy atom. The molecule has 0 fully saturated rings. The van der Waals surface area contributed by atoms with Gasteiger partial charge in [-0.15, -0.1) is 0 Å². The Morgan fingerprint density at radius 2 is 0.609 bits per heavy atom. The summed E-state index contributed by atoms with van der Waals surface area (Å²) >= 11 is 0. The second-order valence-electron chi connectivity index (χ2n) is 11.8. The summed E-state index contributed by atoms with van der Waals surface area (Å²) in [5, 5.41) is 6.97. The number of benzene rings is 6. The van der Waals surface area contributed by atoms with Crippen molar-refractivity contribution in [2.45, 2.75) is 6.92 Å². The Bertz CT molecular complexity index is 2590. The van der Waals surface area contributed by atoms with Crippen LogP contribution in [0.2, 0.25) is 0 Å². The van der Waals surface area contributed by atoms with Crippen molar-refractivity contribution in [3.63, 3.8) is 0 Å². The number of hydrogen-bond donors (Lipinski definition) is 0. The number of aromatic nitrogens is 6. The van der Waals surface area contributed by atoms with E-state index in [-0.39, 0.29) is 0 Å². The van der Waals surface area contributed by atoms with Crippen molar-refractivity contribution in [2.75, 3.05) is 0 Å². The van der Waals surface area contributed by atoms with Crippen LogP contribution in [0.25, 0.3) is 83.3 Å². The summed E-state index contributed by atoms with van der Waals surface area (Å²) < 4.78 is 6.52. The topological polar surface area (TPSA) is 53.5 Å². The predicted octanol–water partition coefficient (Wildman–Crippen LogP) is 9.47. The molecule has 0 N–H and O–H groups in total. The van der Waals surface area contributed by atoms with Crippen molar-refractivity contribution in [3.8, 4) is 17.8 Å². The van der Waals surface area contributed by atoms with Crippen LogP contribution < -0.4 is 0 Å². The molecule has 0 atom stereocenters. The van der Waals surface area contributed by atoms with E-state index in [2.05, 4.69) is 160 Å². The monoisotopic (exact) mass is 590 g/mol. The van der Waals surface area contributed by atoms with Crippen molar-refractivity contribution in [1.82, 2.24) is 28.7 Å². The third kappa shape index (κ3) is 3.44. The van der Waals surface area contributed by atoms with Gasteiger partial charge in [-0.2, -0.15) is 15.0 Å². The maximum Gasteiger partial charge on any atom is 0.241 e. The molecule has 0 aliphatic heterocycles. The molecule has 6 heteroatoms. The molecule has 0 aliphatic rings. The van der Waals surface area contributed by atoms with E-state index < -0.39 is 0 Å². The molecular formula is C40H26N6. The SMILES string of the molecule is Cc1ccc2c(c1)c1ccccc1n2-c1nc(-n2c3ccccc3c3ccccc32)nc(-n2c3ccccc3c3ccccc32)n1. The standard InChI is InChI=1S/C40H26N6/c1-25-22-23-37-31(24-25)30-16-6-11-21-36(30)46(37)40-42-38(44-32-17-7-2-12-26(32)27-13-3-8-18-33(27)44)41-39(43-40)45-34-19-9-4-14-28(34)29-15-5-10-20-35(29)45/h2-24H,1H3. The fraction of sp³-hybridized carbons (Fsp3) is 0.0250. The van der Waals surface area contributed by atoms with E-state index in [9.17, 15) is 0 Å². The first-order chi connectivity index (χ1) is 22.7. The molecule has 10 aromatic rings. The molecule has 0 aliphatic carbocycles. The van der Waals surface area contributed by atoms with Gasteiger partial charge in [0.1, 0.15) is 0 Å². The van der Waals surface area contributed by atoms with E-state index in [1.54, 1.807) is 0 Å². The molecular weight excluding hydrogens is 564 g/mol. The third-order valence-corrected chi connectivity index (χ3v) is 9.19. The molecule has 0 bridgehead atoms.